The fourth-order valence-corrected chi connectivity index (χ4v) is 0.938. The van der Waals surface area contributed by atoms with Gasteiger partial charge in [0.05, 0.1) is 7.11 Å². The van der Waals surface area contributed by atoms with Gasteiger partial charge < -0.3 is 15.4 Å². The topological polar surface area (TPSA) is 50.4 Å². The molecule has 14 heavy (non-hydrogen) atoms. The van der Waals surface area contributed by atoms with E-state index < -0.39 is 11.8 Å². The third-order valence-electron chi connectivity index (χ3n) is 1.64. The second-order valence-electron chi connectivity index (χ2n) is 2.55. The molecule has 76 valence electrons. The summed E-state index contributed by atoms with van der Waals surface area (Å²) in [4.78, 5) is 10.9. The molecule has 0 spiro atoms. The summed E-state index contributed by atoms with van der Waals surface area (Å²) in [5.74, 6) is -0.367. The summed E-state index contributed by atoms with van der Waals surface area (Å²) in [5, 5.41) is 4.80. The summed E-state index contributed by atoms with van der Waals surface area (Å²) < 4.78 is 17.8. The first-order chi connectivity index (χ1) is 6.67. The maximum Gasteiger partial charge on any atom is 0.318 e. The van der Waals surface area contributed by atoms with Crippen molar-refractivity contribution in [3.8, 4) is 5.75 Å². The molecular formula is C9H11FN2O2. The van der Waals surface area contributed by atoms with Crippen molar-refractivity contribution in [3.63, 3.8) is 0 Å². The van der Waals surface area contributed by atoms with Crippen LogP contribution in [0, 0.1) is 5.82 Å². The van der Waals surface area contributed by atoms with Crippen molar-refractivity contribution in [2.75, 3.05) is 19.5 Å². The normalized spacial score (nSPS) is 9.36. The predicted octanol–water partition coefficient (Wildman–Crippen LogP) is 1.59. The average molecular weight is 198 g/mol. The van der Waals surface area contributed by atoms with Crippen LogP contribution in [0.25, 0.3) is 0 Å². The number of urea groups is 1. The molecule has 1 aromatic carbocycles. The number of methoxy groups -OCH3 is 1. The number of hydrogen-bond donors (Lipinski definition) is 2. The Morgan fingerprint density at radius 3 is 2.71 bits per heavy atom. The number of amides is 2. The van der Waals surface area contributed by atoms with Crippen molar-refractivity contribution < 1.29 is 13.9 Å². The summed E-state index contributed by atoms with van der Waals surface area (Å²) >= 11 is 0. The fourth-order valence-electron chi connectivity index (χ4n) is 0.938. The van der Waals surface area contributed by atoms with Gasteiger partial charge in [-0.05, 0) is 12.1 Å². The van der Waals surface area contributed by atoms with Gasteiger partial charge in [-0.3, -0.25) is 0 Å². The van der Waals surface area contributed by atoms with Crippen LogP contribution < -0.4 is 15.4 Å². The van der Waals surface area contributed by atoms with E-state index in [-0.39, 0.29) is 5.75 Å². The van der Waals surface area contributed by atoms with E-state index in [1.54, 1.807) is 6.07 Å². The Labute approximate surface area is 81.1 Å². The van der Waals surface area contributed by atoms with Crippen molar-refractivity contribution in [2.45, 2.75) is 0 Å². The monoisotopic (exact) mass is 198 g/mol. The molecule has 0 aliphatic rings. The van der Waals surface area contributed by atoms with Crippen LogP contribution in [0.3, 0.4) is 0 Å². The molecule has 0 aromatic heterocycles. The van der Waals surface area contributed by atoms with Gasteiger partial charge >= 0.3 is 6.03 Å². The third-order valence-corrected chi connectivity index (χ3v) is 1.64. The summed E-state index contributed by atoms with van der Waals surface area (Å²) in [6.45, 7) is 0. The molecule has 0 unspecified atom stereocenters. The van der Waals surface area contributed by atoms with Gasteiger partial charge in [-0.2, -0.15) is 0 Å². The lowest BCUT2D eigenvalue weighted by Crippen LogP contribution is -2.24. The van der Waals surface area contributed by atoms with E-state index in [4.69, 9.17) is 4.74 Å². The molecule has 0 radical (unpaired) electrons. The number of rotatable bonds is 2. The van der Waals surface area contributed by atoms with E-state index >= 15 is 0 Å². The lowest BCUT2D eigenvalue weighted by molar-refractivity contribution is 0.254. The van der Waals surface area contributed by atoms with Gasteiger partial charge in [-0.25, -0.2) is 9.18 Å². The summed E-state index contributed by atoms with van der Waals surface area (Å²) in [5.41, 5.74) is 0.377. The second-order valence-corrected chi connectivity index (χ2v) is 2.55. The van der Waals surface area contributed by atoms with Crippen LogP contribution in [0.4, 0.5) is 14.9 Å². The zero-order valence-corrected chi connectivity index (χ0v) is 7.93. The largest absolute Gasteiger partial charge is 0.494 e. The quantitative estimate of drug-likeness (QED) is 0.758. The second kappa shape index (κ2) is 4.45. The molecule has 0 atom stereocenters. The number of carbonyl (C=O) groups is 1. The molecule has 2 N–H and O–H groups in total. The molecule has 0 heterocycles. The first-order valence-corrected chi connectivity index (χ1v) is 3.99. The lowest BCUT2D eigenvalue weighted by atomic mass is 10.3. The number of hydrogen-bond acceptors (Lipinski definition) is 2. The molecule has 2 amide bonds. The summed E-state index contributed by atoms with van der Waals surface area (Å²) in [6, 6.07) is 3.79. The van der Waals surface area contributed by atoms with Crippen molar-refractivity contribution in [3.05, 3.63) is 24.0 Å². The Bertz CT molecular complexity index is 342. The maximum atomic E-state index is 13.1. The highest BCUT2D eigenvalue weighted by Crippen LogP contribution is 2.20. The Kier molecular flexibility index (Phi) is 3.28. The van der Waals surface area contributed by atoms with Gasteiger partial charge in [0.1, 0.15) is 0 Å². The van der Waals surface area contributed by atoms with E-state index in [1.165, 1.54) is 26.3 Å². The molecule has 4 nitrogen and oxygen atoms in total. The number of ether oxygens (including phenoxy) is 1. The Balaban J connectivity index is 2.81. The Hall–Kier alpha value is -1.78. The SMILES string of the molecule is CNC(=O)Nc1ccc(OC)c(F)c1. The molecule has 0 saturated carbocycles. The van der Waals surface area contributed by atoms with Crippen LogP contribution in [-0.2, 0) is 0 Å². The van der Waals surface area contributed by atoms with Gasteiger partial charge in [0.15, 0.2) is 11.6 Å². The Morgan fingerprint density at radius 1 is 1.50 bits per heavy atom. The predicted molar refractivity (Wildman–Crippen MR) is 51.0 cm³/mol. The minimum atomic E-state index is -0.513. The summed E-state index contributed by atoms with van der Waals surface area (Å²) in [7, 11) is 2.86. The highest BCUT2D eigenvalue weighted by molar-refractivity contribution is 5.89. The lowest BCUT2D eigenvalue weighted by Gasteiger charge is -2.06. The number of nitrogens with one attached hydrogen (secondary N) is 2. The maximum absolute atomic E-state index is 13.1. The van der Waals surface area contributed by atoms with Gasteiger partial charge in [0.25, 0.3) is 0 Å². The number of anilines is 1. The zero-order valence-electron chi connectivity index (χ0n) is 7.93. The highest BCUT2D eigenvalue weighted by Gasteiger charge is 2.04. The molecule has 1 rings (SSSR count). The highest BCUT2D eigenvalue weighted by atomic mass is 19.1. The molecule has 0 bridgehead atoms. The van der Waals surface area contributed by atoms with E-state index in [0.29, 0.717) is 5.69 Å². The van der Waals surface area contributed by atoms with Crippen LogP contribution in [-0.4, -0.2) is 20.2 Å². The third kappa shape index (κ3) is 2.35. The van der Waals surface area contributed by atoms with Crippen molar-refractivity contribution in [2.24, 2.45) is 0 Å². The van der Waals surface area contributed by atoms with Crippen molar-refractivity contribution in [1.29, 1.82) is 0 Å². The molecular weight excluding hydrogens is 187 g/mol. The van der Waals surface area contributed by atoms with E-state index in [1.807, 2.05) is 0 Å². The molecule has 0 aliphatic carbocycles. The fraction of sp³-hybridized carbons (Fsp3) is 0.222. The molecule has 0 saturated heterocycles. The molecule has 0 fully saturated rings. The van der Waals surface area contributed by atoms with E-state index in [2.05, 4.69) is 10.6 Å². The van der Waals surface area contributed by atoms with Crippen LogP contribution in [0.2, 0.25) is 0 Å². The van der Waals surface area contributed by atoms with Gasteiger partial charge in [-0.15, -0.1) is 0 Å². The smallest absolute Gasteiger partial charge is 0.318 e. The van der Waals surface area contributed by atoms with Gasteiger partial charge in [-0.1, -0.05) is 0 Å². The van der Waals surface area contributed by atoms with Gasteiger partial charge in [0, 0.05) is 18.8 Å². The van der Waals surface area contributed by atoms with Gasteiger partial charge in [0.2, 0.25) is 0 Å². The standard InChI is InChI=1S/C9H11FN2O2/c1-11-9(13)12-6-3-4-8(14-2)7(10)5-6/h3-5H,1-2H3,(H2,11,12,13). The van der Waals surface area contributed by atoms with Crippen molar-refractivity contribution in [1.82, 2.24) is 5.32 Å². The first-order valence-electron chi connectivity index (χ1n) is 3.99. The molecule has 0 aliphatic heterocycles. The summed E-state index contributed by atoms with van der Waals surface area (Å²) in [6.07, 6.45) is 0. The van der Waals surface area contributed by atoms with Crippen LogP contribution in [0.5, 0.6) is 5.75 Å². The molecule has 5 heteroatoms. The molecule has 1 aromatic rings. The Morgan fingerprint density at radius 2 is 2.21 bits per heavy atom. The minimum Gasteiger partial charge on any atom is -0.494 e. The number of halogens is 1. The number of benzene rings is 1. The van der Waals surface area contributed by atoms with Crippen LogP contribution in [0.15, 0.2) is 18.2 Å². The van der Waals surface area contributed by atoms with E-state index in [9.17, 15) is 9.18 Å². The van der Waals surface area contributed by atoms with Crippen LogP contribution >= 0.6 is 0 Å². The first kappa shape index (κ1) is 10.3. The van der Waals surface area contributed by atoms with E-state index in [0.717, 1.165) is 0 Å². The zero-order chi connectivity index (χ0) is 10.6. The minimum absolute atomic E-state index is 0.146. The average Bonchev–Trinajstić information content (AvgIpc) is 2.18. The number of carbonyl (C=O) groups excluding carboxylic acids is 1. The van der Waals surface area contributed by atoms with Crippen LogP contribution in [0.1, 0.15) is 0 Å². The van der Waals surface area contributed by atoms with Crippen molar-refractivity contribution >= 4 is 11.7 Å².